The fraction of sp³-hybridized carbons (Fsp3) is 0.300. The Bertz CT molecular complexity index is 390. The van der Waals surface area contributed by atoms with Crippen LogP contribution in [0.2, 0.25) is 5.02 Å². The predicted molar refractivity (Wildman–Crippen MR) is 52.6 cm³/mol. The average molecular weight is 253 g/mol. The Kier molecular flexibility index (Phi) is 3.80. The Morgan fingerprint density at radius 1 is 1.44 bits per heavy atom. The Morgan fingerprint density at radius 3 is 2.56 bits per heavy atom. The molecule has 0 spiro atoms. The fourth-order valence-electron chi connectivity index (χ4n) is 1.17. The van der Waals surface area contributed by atoms with Crippen LogP contribution in [0, 0.1) is 0 Å². The molecule has 0 fully saturated rings. The third kappa shape index (κ3) is 3.41. The van der Waals surface area contributed by atoms with Gasteiger partial charge in [0.25, 0.3) is 0 Å². The highest BCUT2D eigenvalue weighted by Gasteiger charge is 2.32. The lowest BCUT2D eigenvalue weighted by molar-refractivity contribution is -0.274. The number of benzene rings is 1. The van der Waals surface area contributed by atoms with Gasteiger partial charge in [0, 0.05) is 16.5 Å². The van der Waals surface area contributed by atoms with Gasteiger partial charge < -0.3 is 9.53 Å². The zero-order valence-electron chi connectivity index (χ0n) is 8.22. The van der Waals surface area contributed by atoms with Gasteiger partial charge in [-0.15, -0.1) is 13.2 Å². The second-order valence-corrected chi connectivity index (χ2v) is 3.59. The van der Waals surface area contributed by atoms with Crippen LogP contribution < -0.4 is 4.74 Å². The van der Waals surface area contributed by atoms with E-state index in [1.807, 2.05) is 0 Å². The number of ether oxygens (including phenoxy) is 1. The number of alkyl halides is 3. The van der Waals surface area contributed by atoms with Crippen molar-refractivity contribution in [3.8, 4) is 5.75 Å². The van der Waals surface area contributed by atoms with E-state index in [1.54, 1.807) is 0 Å². The Hall–Kier alpha value is -1.23. The summed E-state index contributed by atoms with van der Waals surface area (Å²) in [7, 11) is 0. The van der Waals surface area contributed by atoms with E-state index < -0.39 is 18.0 Å². The minimum Gasteiger partial charge on any atom is -0.405 e. The van der Waals surface area contributed by atoms with Crippen LogP contribution >= 0.6 is 11.6 Å². The van der Waals surface area contributed by atoms with Crippen LogP contribution in [-0.4, -0.2) is 12.6 Å². The second kappa shape index (κ2) is 4.74. The van der Waals surface area contributed by atoms with Gasteiger partial charge in [-0.25, -0.2) is 0 Å². The van der Waals surface area contributed by atoms with E-state index in [9.17, 15) is 18.0 Å². The molecule has 0 saturated heterocycles. The highest BCUT2D eigenvalue weighted by Crippen LogP contribution is 2.32. The highest BCUT2D eigenvalue weighted by atomic mass is 35.5. The molecule has 0 radical (unpaired) electrons. The minimum atomic E-state index is -4.79. The summed E-state index contributed by atoms with van der Waals surface area (Å²) in [5, 5.41) is 0.248. The van der Waals surface area contributed by atoms with Crippen LogP contribution in [0.5, 0.6) is 5.75 Å². The Balaban J connectivity index is 3.12. The van der Waals surface area contributed by atoms with Gasteiger partial charge >= 0.3 is 6.36 Å². The molecule has 16 heavy (non-hydrogen) atoms. The van der Waals surface area contributed by atoms with Gasteiger partial charge in [0.2, 0.25) is 0 Å². The molecule has 0 saturated carbocycles. The van der Waals surface area contributed by atoms with Gasteiger partial charge in [-0.2, -0.15) is 0 Å². The van der Waals surface area contributed by atoms with Crippen molar-refractivity contribution < 1.29 is 22.7 Å². The Morgan fingerprint density at radius 2 is 2.06 bits per heavy atom. The first-order valence-electron chi connectivity index (χ1n) is 4.34. The van der Waals surface area contributed by atoms with Crippen LogP contribution in [0.15, 0.2) is 18.2 Å². The molecule has 1 aromatic carbocycles. The summed E-state index contributed by atoms with van der Waals surface area (Å²) in [6.07, 6.45) is -4.26. The van der Waals surface area contributed by atoms with Crippen molar-refractivity contribution in [1.29, 1.82) is 0 Å². The molecule has 0 aliphatic carbocycles. The molecule has 0 amide bonds. The van der Waals surface area contributed by atoms with Gasteiger partial charge in [-0.3, -0.25) is 0 Å². The van der Waals surface area contributed by atoms with Gasteiger partial charge in [0.1, 0.15) is 12.0 Å². The van der Waals surface area contributed by atoms with E-state index in [0.29, 0.717) is 6.29 Å². The summed E-state index contributed by atoms with van der Waals surface area (Å²) in [4.78, 5) is 10.6. The van der Waals surface area contributed by atoms with Crippen LogP contribution in [0.25, 0.3) is 0 Å². The zero-order chi connectivity index (χ0) is 12.3. The molecule has 0 aromatic heterocycles. The molecular formula is C10H8ClF3O2. The number of rotatable bonds is 3. The maximum Gasteiger partial charge on any atom is 0.573 e. The van der Waals surface area contributed by atoms with E-state index in [-0.39, 0.29) is 10.6 Å². The number of halogens is 4. The molecule has 0 aliphatic heterocycles. The fourth-order valence-corrected chi connectivity index (χ4v) is 1.35. The molecule has 0 N–H and O–H groups in total. The van der Waals surface area contributed by atoms with E-state index >= 15 is 0 Å². The van der Waals surface area contributed by atoms with E-state index in [1.165, 1.54) is 19.1 Å². The second-order valence-electron chi connectivity index (χ2n) is 3.15. The Labute approximate surface area is 95.0 Å². The first-order chi connectivity index (χ1) is 7.33. The molecule has 2 nitrogen and oxygen atoms in total. The summed E-state index contributed by atoms with van der Waals surface area (Å²) in [5.74, 6) is -1.12. The number of carbonyl (C=O) groups is 1. The number of aldehydes is 1. The standard InChI is InChI=1S/C10H8ClF3O2/c1-6(5-15)8-4-7(11)2-3-9(8)16-10(12,13)14/h2-6H,1H3. The largest absolute Gasteiger partial charge is 0.573 e. The third-order valence-electron chi connectivity index (χ3n) is 1.89. The van der Waals surface area contributed by atoms with Gasteiger partial charge in [0.15, 0.2) is 0 Å². The first kappa shape index (κ1) is 12.8. The smallest absolute Gasteiger partial charge is 0.405 e. The highest BCUT2D eigenvalue weighted by molar-refractivity contribution is 6.30. The summed E-state index contributed by atoms with van der Waals surface area (Å²) in [6, 6.07) is 3.64. The maximum absolute atomic E-state index is 12.0. The lowest BCUT2D eigenvalue weighted by Crippen LogP contribution is -2.18. The molecule has 88 valence electrons. The summed E-state index contributed by atoms with van der Waals surface area (Å²) in [5.41, 5.74) is 0.111. The minimum absolute atomic E-state index is 0.111. The topological polar surface area (TPSA) is 26.3 Å². The molecule has 1 unspecified atom stereocenters. The maximum atomic E-state index is 12.0. The van der Waals surface area contributed by atoms with Crippen molar-refractivity contribution in [2.45, 2.75) is 19.2 Å². The van der Waals surface area contributed by atoms with Crippen molar-refractivity contribution in [2.24, 2.45) is 0 Å². The normalized spacial score (nSPS) is 13.3. The van der Waals surface area contributed by atoms with E-state index in [4.69, 9.17) is 11.6 Å². The van der Waals surface area contributed by atoms with Crippen LogP contribution in [0.4, 0.5) is 13.2 Å². The van der Waals surface area contributed by atoms with Gasteiger partial charge in [-0.1, -0.05) is 18.5 Å². The molecule has 1 rings (SSSR count). The predicted octanol–water partition coefficient (Wildman–Crippen LogP) is 3.54. The SMILES string of the molecule is CC(C=O)c1cc(Cl)ccc1OC(F)(F)F. The first-order valence-corrected chi connectivity index (χ1v) is 4.72. The lowest BCUT2D eigenvalue weighted by Gasteiger charge is -2.14. The quantitative estimate of drug-likeness (QED) is 0.769. The lowest BCUT2D eigenvalue weighted by atomic mass is 10.0. The molecule has 1 atom stereocenters. The number of hydrogen-bond acceptors (Lipinski definition) is 2. The van der Waals surface area contributed by atoms with Crippen molar-refractivity contribution in [3.63, 3.8) is 0 Å². The third-order valence-corrected chi connectivity index (χ3v) is 2.13. The molecule has 0 heterocycles. The molecule has 0 aliphatic rings. The van der Waals surface area contributed by atoms with Crippen molar-refractivity contribution in [2.75, 3.05) is 0 Å². The summed E-state index contributed by atoms with van der Waals surface area (Å²) >= 11 is 5.64. The monoisotopic (exact) mass is 252 g/mol. The molecule has 6 heteroatoms. The van der Waals surface area contributed by atoms with Crippen molar-refractivity contribution >= 4 is 17.9 Å². The molecular weight excluding hydrogens is 245 g/mol. The van der Waals surface area contributed by atoms with Crippen molar-refractivity contribution in [1.82, 2.24) is 0 Å². The van der Waals surface area contributed by atoms with Gasteiger partial charge in [-0.05, 0) is 18.2 Å². The molecule has 1 aromatic rings. The zero-order valence-corrected chi connectivity index (χ0v) is 8.97. The van der Waals surface area contributed by atoms with Gasteiger partial charge in [0.05, 0.1) is 0 Å². The molecule has 0 bridgehead atoms. The van der Waals surface area contributed by atoms with E-state index in [0.717, 1.165) is 6.07 Å². The number of carbonyl (C=O) groups excluding carboxylic acids is 1. The van der Waals surface area contributed by atoms with Crippen LogP contribution in [-0.2, 0) is 4.79 Å². The van der Waals surface area contributed by atoms with E-state index in [2.05, 4.69) is 4.74 Å². The number of hydrogen-bond donors (Lipinski definition) is 0. The van der Waals surface area contributed by atoms with Crippen molar-refractivity contribution in [3.05, 3.63) is 28.8 Å². The summed E-state index contributed by atoms with van der Waals surface area (Å²) in [6.45, 7) is 1.46. The van der Waals surface area contributed by atoms with Crippen LogP contribution in [0.3, 0.4) is 0 Å². The average Bonchev–Trinajstić information content (AvgIpc) is 2.17. The van der Waals surface area contributed by atoms with Crippen LogP contribution in [0.1, 0.15) is 18.4 Å². The summed E-state index contributed by atoms with van der Waals surface area (Å²) < 4.78 is 39.9.